The molecule has 1 unspecified atom stereocenters. The van der Waals surface area contributed by atoms with E-state index in [-0.39, 0.29) is 0 Å². The fourth-order valence-electron chi connectivity index (χ4n) is 2.48. The molecule has 0 radical (unpaired) electrons. The van der Waals surface area contributed by atoms with Gasteiger partial charge >= 0.3 is 0 Å². The summed E-state index contributed by atoms with van der Waals surface area (Å²) in [5, 5.41) is 3.42. The van der Waals surface area contributed by atoms with Crippen LogP contribution in [0.4, 0.5) is 0 Å². The first-order valence-corrected chi connectivity index (χ1v) is 8.85. The largest absolute Gasteiger partial charge is 0.493 e. The third-order valence-corrected chi connectivity index (χ3v) is 5.33. The average molecular weight is 364 g/mol. The number of benzene rings is 2. The van der Waals surface area contributed by atoms with E-state index in [4.69, 9.17) is 4.74 Å². The molecular weight excluding hydrogens is 346 g/mol. The highest BCUT2D eigenvalue weighted by molar-refractivity contribution is 9.10. The van der Waals surface area contributed by atoms with Crippen molar-refractivity contribution >= 4 is 27.7 Å². The standard InChI is InChI=1S/C17H18BrNOS/c1-19-16(11-21-15-5-3-14(18)4-6-15)12-2-7-17-13(10-12)8-9-20-17/h2-7,10,16,19H,8-9,11H2,1H3. The summed E-state index contributed by atoms with van der Waals surface area (Å²) in [4.78, 5) is 1.29. The Morgan fingerprint density at radius 1 is 1.24 bits per heavy atom. The van der Waals surface area contributed by atoms with Crippen LogP contribution >= 0.6 is 27.7 Å². The fourth-order valence-corrected chi connectivity index (χ4v) is 3.79. The van der Waals surface area contributed by atoms with E-state index in [0.29, 0.717) is 6.04 Å². The highest BCUT2D eigenvalue weighted by Crippen LogP contribution is 2.30. The second-order valence-electron chi connectivity index (χ2n) is 5.07. The van der Waals surface area contributed by atoms with Gasteiger partial charge in [-0.2, -0.15) is 0 Å². The first-order chi connectivity index (χ1) is 10.3. The lowest BCUT2D eigenvalue weighted by molar-refractivity contribution is 0.357. The molecule has 0 amide bonds. The lowest BCUT2D eigenvalue weighted by atomic mass is 10.0. The fraction of sp³-hybridized carbons (Fsp3) is 0.294. The number of hydrogen-bond donors (Lipinski definition) is 1. The molecule has 2 aromatic carbocycles. The molecule has 0 fully saturated rings. The predicted molar refractivity (Wildman–Crippen MR) is 92.3 cm³/mol. The van der Waals surface area contributed by atoms with Crippen LogP contribution in [0.3, 0.4) is 0 Å². The van der Waals surface area contributed by atoms with E-state index in [2.05, 4.69) is 63.7 Å². The molecule has 1 aliphatic rings. The van der Waals surface area contributed by atoms with E-state index < -0.39 is 0 Å². The smallest absolute Gasteiger partial charge is 0.122 e. The van der Waals surface area contributed by atoms with Gasteiger partial charge in [0, 0.05) is 27.6 Å². The van der Waals surface area contributed by atoms with Gasteiger partial charge in [0.2, 0.25) is 0 Å². The van der Waals surface area contributed by atoms with E-state index in [1.54, 1.807) is 0 Å². The van der Waals surface area contributed by atoms with Gasteiger partial charge in [-0.3, -0.25) is 0 Å². The molecule has 1 atom stereocenters. The number of ether oxygens (including phenoxy) is 1. The summed E-state index contributed by atoms with van der Waals surface area (Å²) in [6.07, 6.45) is 1.03. The Kier molecular flexibility index (Phi) is 4.88. The van der Waals surface area contributed by atoms with Gasteiger partial charge in [-0.1, -0.05) is 28.1 Å². The zero-order chi connectivity index (χ0) is 14.7. The first kappa shape index (κ1) is 14.9. The highest BCUT2D eigenvalue weighted by Gasteiger charge is 2.16. The summed E-state index contributed by atoms with van der Waals surface area (Å²) >= 11 is 5.35. The van der Waals surface area contributed by atoms with E-state index in [1.165, 1.54) is 16.0 Å². The predicted octanol–water partition coefficient (Wildman–Crippen LogP) is 4.44. The summed E-state index contributed by atoms with van der Waals surface area (Å²) in [5.74, 6) is 2.06. The van der Waals surface area contributed by atoms with Crippen molar-refractivity contribution in [2.24, 2.45) is 0 Å². The second-order valence-corrected chi connectivity index (χ2v) is 7.08. The van der Waals surface area contributed by atoms with Crippen molar-refractivity contribution in [3.05, 3.63) is 58.1 Å². The van der Waals surface area contributed by atoms with E-state index in [1.807, 2.05) is 18.8 Å². The number of halogens is 1. The topological polar surface area (TPSA) is 21.3 Å². The molecule has 4 heteroatoms. The summed E-state index contributed by atoms with van der Waals surface area (Å²) in [6, 6.07) is 15.4. The molecule has 1 heterocycles. The molecule has 0 aliphatic carbocycles. The van der Waals surface area contributed by atoms with Crippen LogP contribution in [-0.2, 0) is 6.42 Å². The Hall–Kier alpha value is -0.970. The Balaban J connectivity index is 1.68. The highest BCUT2D eigenvalue weighted by atomic mass is 79.9. The van der Waals surface area contributed by atoms with Crippen LogP contribution in [0.5, 0.6) is 5.75 Å². The SMILES string of the molecule is CNC(CSc1ccc(Br)cc1)c1ccc2c(c1)CCO2. The minimum absolute atomic E-state index is 0.351. The monoisotopic (exact) mass is 363 g/mol. The third-order valence-electron chi connectivity index (χ3n) is 3.69. The van der Waals surface area contributed by atoms with Crippen LogP contribution in [-0.4, -0.2) is 19.4 Å². The van der Waals surface area contributed by atoms with Gasteiger partial charge in [0.1, 0.15) is 5.75 Å². The van der Waals surface area contributed by atoms with Crippen molar-refractivity contribution in [1.29, 1.82) is 0 Å². The van der Waals surface area contributed by atoms with Crippen LogP contribution in [0, 0.1) is 0 Å². The molecule has 0 spiro atoms. The quantitative estimate of drug-likeness (QED) is 0.793. The van der Waals surface area contributed by atoms with Crippen molar-refractivity contribution in [1.82, 2.24) is 5.32 Å². The Labute approximate surface area is 138 Å². The van der Waals surface area contributed by atoms with Crippen LogP contribution in [0.2, 0.25) is 0 Å². The molecule has 1 N–H and O–H groups in total. The molecule has 21 heavy (non-hydrogen) atoms. The van der Waals surface area contributed by atoms with Crippen LogP contribution in [0.1, 0.15) is 17.2 Å². The van der Waals surface area contributed by atoms with Crippen molar-refractivity contribution < 1.29 is 4.74 Å². The van der Waals surface area contributed by atoms with Gasteiger partial charge in [-0.05, 0) is 48.5 Å². The van der Waals surface area contributed by atoms with Crippen LogP contribution < -0.4 is 10.1 Å². The van der Waals surface area contributed by atoms with Gasteiger partial charge in [0.15, 0.2) is 0 Å². The number of rotatable bonds is 5. The average Bonchev–Trinajstić information content (AvgIpc) is 2.97. The minimum Gasteiger partial charge on any atom is -0.493 e. The molecule has 3 rings (SSSR count). The van der Waals surface area contributed by atoms with Crippen LogP contribution in [0.25, 0.3) is 0 Å². The summed E-state index contributed by atoms with van der Waals surface area (Å²) < 4.78 is 6.70. The molecule has 0 bridgehead atoms. The molecule has 2 nitrogen and oxygen atoms in total. The minimum atomic E-state index is 0.351. The van der Waals surface area contributed by atoms with Crippen molar-refractivity contribution in [2.75, 3.05) is 19.4 Å². The summed E-state index contributed by atoms with van der Waals surface area (Å²) in [6.45, 7) is 0.816. The van der Waals surface area contributed by atoms with Gasteiger partial charge in [-0.25, -0.2) is 0 Å². The number of thioether (sulfide) groups is 1. The Morgan fingerprint density at radius 3 is 2.81 bits per heavy atom. The molecule has 1 aliphatic heterocycles. The second kappa shape index (κ2) is 6.86. The van der Waals surface area contributed by atoms with Crippen molar-refractivity contribution in [2.45, 2.75) is 17.4 Å². The van der Waals surface area contributed by atoms with Crippen molar-refractivity contribution in [3.8, 4) is 5.75 Å². The van der Waals surface area contributed by atoms with Gasteiger partial charge in [-0.15, -0.1) is 11.8 Å². The normalized spacial score (nSPS) is 14.6. The van der Waals surface area contributed by atoms with E-state index in [9.17, 15) is 0 Å². The maximum atomic E-state index is 5.58. The molecule has 0 saturated carbocycles. The zero-order valence-electron chi connectivity index (χ0n) is 11.9. The molecule has 0 saturated heterocycles. The summed E-state index contributed by atoms with van der Waals surface area (Å²) in [5.41, 5.74) is 2.67. The van der Waals surface area contributed by atoms with Crippen molar-refractivity contribution in [3.63, 3.8) is 0 Å². The van der Waals surface area contributed by atoms with Crippen LogP contribution in [0.15, 0.2) is 51.8 Å². The lowest BCUT2D eigenvalue weighted by Gasteiger charge is -2.17. The number of nitrogens with one attached hydrogen (secondary N) is 1. The van der Waals surface area contributed by atoms with Gasteiger partial charge in [0.05, 0.1) is 6.61 Å². The maximum Gasteiger partial charge on any atom is 0.122 e. The number of hydrogen-bond acceptors (Lipinski definition) is 3. The summed E-state index contributed by atoms with van der Waals surface area (Å²) in [7, 11) is 2.02. The maximum absolute atomic E-state index is 5.58. The molecular formula is C17H18BrNOS. The van der Waals surface area contributed by atoms with E-state index in [0.717, 1.165) is 29.0 Å². The Bertz CT molecular complexity index is 615. The molecule has 2 aromatic rings. The first-order valence-electron chi connectivity index (χ1n) is 7.07. The zero-order valence-corrected chi connectivity index (χ0v) is 14.3. The Morgan fingerprint density at radius 2 is 2.05 bits per heavy atom. The number of fused-ring (bicyclic) bond motifs is 1. The van der Waals surface area contributed by atoms with Gasteiger partial charge < -0.3 is 10.1 Å². The van der Waals surface area contributed by atoms with Gasteiger partial charge in [0.25, 0.3) is 0 Å². The molecule has 110 valence electrons. The third kappa shape index (κ3) is 3.62. The lowest BCUT2D eigenvalue weighted by Crippen LogP contribution is -2.18. The van der Waals surface area contributed by atoms with E-state index >= 15 is 0 Å². The molecule has 0 aromatic heterocycles.